The summed E-state index contributed by atoms with van der Waals surface area (Å²) < 4.78 is 12.1. The van der Waals surface area contributed by atoms with E-state index in [1.807, 2.05) is 36.4 Å². The molecule has 0 radical (unpaired) electrons. The maximum atomic E-state index is 12.2. The van der Waals surface area contributed by atoms with E-state index in [0.717, 1.165) is 11.1 Å². The second kappa shape index (κ2) is 6.39. The van der Waals surface area contributed by atoms with Crippen molar-refractivity contribution in [1.82, 2.24) is 14.9 Å². The van der Waals surface area contributed by atoms with E-state index in [4.69, 9.17) is 9.47 Å². The Balaban J connectivity index is 1.71. The van der Waals surface area contributed by atoms with Crippen LogP contribution in [0.25, 0.3) is 5.52 Å². The Hall–Kier alpha value is -3.02. The first-order valence-electron chi connectivity index (χ1n) is 7.15. The fourth-order valence-corrected chi connectivity index (χ4v) is 2.31. The molecule has 0 aliphatic carbocycles. The maximum Gasteiger partial charge on any atom is 0.272 e. The number of benzene rings is 1. The van der Waals surface area contributed by atoms with Gasteiger partial charge in [0.25, 0.3) is 5.91 Å². The number of rotatable bonds is 5. The molecule has 3 rings (SSSR count). The van der Waals surface area contributed by atoms with Crippen molar-refractivity contribution in [3.05, 3.63) is 59.9 Å². The van der Waals surface area contributed by atoms with Crippen molar-refractivity contribution in [3.63, 3.8) is 0 Å². The van der Waals surface area contributed by atoms with E-state index in [2.05, 4.69) is 10.4 Å². The average molecular weight is 311 g/mol. The Morgan fingerprint density at radius 2 is 1.96 bits per heavy atom. The molecule has 6 heteroatoms. The SMILES string of the molecule is COc1ccc(CNC(=O)c2cc3ccccn3n2)cc1OC. The van der Waals surface area contributed by atoms with Gasteiger partial charge >= 0.3 is 0 Å². The number of amides is 1. The van der Waals surface area contributed by atoms with Crippen molar-refractivity contribution in [2.45, 2.75) is 6.54 Å². The molecule has 0 saturated heterocycles. The summed E-state index contributed by atoms with van der Waals surface area (Å²) in [5.74, 6) is 1.07. The van der Waals surface area contributed by atoms with Crippen molar-refractivity contribution in [2.24, 2.45) is 0 Å². The van der Waals surface area contributed by atoms with Gasteiger partial charge in [0.05, 0.1) is 19.7 Å². The number of aromatic nitrogens is 2. The van der Waals surface area contributed by atoms with Crippen LogP contribution < -0.4 is 14.8 Å². The largest absolute Gasteiger partial charge is 0.493 e. The van der Waals surface area contributed by atoms with Crippen molar-refractivity contribution in [2.75, 3.05) is 14.2 Å². The van der Waals surface area contributed by atoms with E-state index < -0.39 is 0 Å². The molecule has 0 bridgehead atoms. The van der Waals surface area contributed by atoms with Crippen LogP contribution in [0, 0.1) is 0 Å². The highest BCUT2D eigenvalue weighted by molar-refractivity contribution is 5.93. The summed E-state index contributed by atoms with van der Waals surface area (Å²) in [4.78, 5) is 12.2. The van der Waals surface area contributed by atoms with Crippen LogP contribution in [-0.2, 0) is 6.54 Å². The molecule has 118 valence electrons. The molecule has 1 amide bonds. The van der Waals surface area contributed by atoms with Crippen LogP contribution in [-0.4, -0.2) is 29.7 Å². The summed E-state index contributed by atoms with van der Waals surface area (Å²) in [6.07, 6.45) is 1.81. The third-order valence-electron chi connectivity index (χ3n) is 3.50. The van der Waals surface area contributed by atoms with Gasteiger partial charge in [-0.05, 0) is 35.9 Å². The first-order chi connectivity index (χ1) is 11.2. The molecule has 2 aromatic heterocycles. The fraction of sp³-hybridized carbons (Fsp3) is 0.176. The molecule has 23 heavy (non-hydrogen) atoms. The van der Waals surface area contributed by atoms with Crippen LogP contribution in [0.15, 0.2) is 48.7 Å². The number of nitrogens with zero attached hydrogens (tertiary/aromatic N) is 2. The van der Waals surface area contributed by atoms with E-state index in [1.54, 1.807) is 31.0 Å². The van der Waals surface area contributed by atoms with Crippen LogP contribution in [0.2, 0.25) is 0 Å². The van der Waals surface area contributed by atoms with Gasteiger partial charge in [-0.2, -0.15) is 5.10 Å². The normalized spacial score (nSPS) is 10.5. The van der Waals surface area contributed by atoms with E-state index in [-0.39, 0.29) is 5.91 Å². The van der Waals surface area contributed by atoms with Crippen LogP contribution in [0.3, 0.4) is 0 Å². The van der Waals surface area contributed by atoms with Gasteiger partial charge in [-0.3, -0.25) is 4.79 Å². The first-order valence-corrected chi connectivity index (χ1v) is 7.15. The Kier molecular flexibility index (Phi) is 4.14. The monoisotopic (exact) mass is 311 g/mol. The Morgan fingerprint density at radius 3 is 2.70 bits per heavy atom. The molecular formula is C17H17N3O3. The number of nitrogens with one attached hydrogen (secondary N) is 1. The van der Waals surface area contributed by atoms with Gasteiger partial charge in [0.15, 0.2) is 17.2 Å². The van der Waals surface area contributed by atoms with Crippen molar-refractivity contribution in [3.8, 4) is 11.5 Å². The molecule has 0 aliphatic rings. The lowest BCUT2D eigenvalue weighted by atomic mass is 10.2. The molecular weight excluding hydrogens is 294 g/mol. The molecule has 0 aliphatic heterocycles. The molecule has 1 N–H and O–H groups in total. The highest BCUT2D eigenvalue weighted by atomic mass is 16.5. The lowest BCUT2D eigenvalue weighted by Crippen LogP contribution is -2.23. The van der Waals surface area contributed by atoms with Gasteiger partial charge in [-0.1, -0.05) is 12.1 Å². The minimum absolute atomic E-state index is 0.219. The molecule has 3 aromatic rings. The zero-order valence-electron chi connectivity index (χ0n) is 12.9. The predicted octanol–water partition coefficient (Wildman–Crippen LogP) is 2.28. The Bertz CT molecular complexity index is 809. The second-order valence-electron chi connectivity index (χ2n) is 4.97. The lowest BCUT2D eigenvalue weighted by molar-refractivity contribution is 0.0945. The molecule has 1 aromatic carbocycles. The maximum absolute atomic E-state index is 12.2. The predicted molar refractivity (Wildman–Crippen MR) is 85.9 cm³/mol. The Labute approximate surface area is 133 Å². The number of hydrogen-bond donors (Lipinski definition) is 1. The lowest BCUT2D eigenvalue weighted by Gasteiger charge is -2.10. The number of fused-ring (bicyclic) bond motifs is 1. The summed E-state index contributed by atoms with van der Waals surface area (Å²) in [5, 5.41) is 7.10. The van der Waals surface area contributed by atoms with Crippen molar-refractivity contribution in [1.29, 1.82) is 0 Å². The molecule has 2 heterocycles. The molecule has 0 saturated carbocycles. The average Bonchev–Trinajstić information content (AvgIpc) is 3.03. The topological polar surface area (TPSA) is 64.9 Å². The minimum atomic E-state index is -0.219. The molecule has 0 atom stereocenters. The molecule has 0 unspecified atom stereocenters. The number of carbonyl (C=O) groups excluding carboxylic acids is 1. The molecule has 0 spiro atoms. The van der Waals surface area contributed by atoms with E-state index in [0.29, 0.717) is 23.7 Å². The minimum Gasteiger partial charge on any atom is -0.493 e. The van der Waals surface area contributed by atoms with Gasteiger partial charge in [0.2, 0.25) is 0 Å². The number of carbonyl (C=O) groups is 1. The van der Waals surface area contributed by atoms with E-state index >= 15 is 0 Å². The van der Waals surface area contributed by atoms with Gasteiger partial charge in [-0.15, -0.1) is 0 Å². The van der Waals surface area contributed by atoms with E-state index in [9.17, 15) is 4.79 Å². The highest BCUT2D eigenvalue weighted by Gasteiger charge is 2.11. The fourth-order valence-electron chi connectivity index (χ4n) is 2.31. The summed E-state index contributed by atoms with van der Waals surface area (Å²) >= 11 is 0. The smallest absolute Gasteiger partial charge is 0.272 e. The van der Waals surface area contributed by atoms with Crippen LogP contribution in [0.1, 0.15) is 16.1 Å². The zero-order valence-corrected chi connectivity index (χ0v) is 12.9. The van der Waals surface area contributed by atoms with Gasteiger partial charge in [0.1, 0.15) is 0 Å². The summed E-state index contributed by atoms with van der Waals surface area (Å²) in [6.45, 7) is 0.382. The van der Waals surface area contributed by atoms with Crippen LogP contribution >= 0.6 is 0 Å². The third-order valence-corrected chi connectivity index (χ3v) is 3.50. The van der Waals surface area contributed by atoms with Gasteiger partial charge in [-0.25, -0.2) is 4.52 Å². The quantitative estimate of drug-likeness (QED) is 0.785. The first kappa shape index (κ1) is 14.9. The zero-order chi connectivity index (χ0) is 16.2. The van der Waals surface area contributed by atoms with E-state index in [1.165, 1.54) is 0 Å². The van der Waals surface area contributed by atoms with Gasteiger partial charge in [0, 0.05) is 12.7 Å². The summed E-state index contributed by atoms with van der Waals surface area (Å²) in [6, 6.07) is 13.0. The number of ether oxygens (including phenoxy) is 2. The number of methoxy groups -OCH3 is 2. The summed E-state index contributed by atoms with van der Waals surface area (Å²) in [5.41, 5.74) is 2.18. The van der Waals surface area contributed by atoms with Gasteiger partial charge < -0.3 is 14.8 Å². The third kappa shape index (κ3) is 3.11. The summed E-state index contributed by atoms with van der Waals surface area (Å²) in [7, 11) is 3.17. The van der Waals surface area contributed by atoms with Crippen LogP contribution in [0.5, 0.6) is 11.5 Å². The molecule has 6 nitrogen and oxygen atoms in total. The van der Waals surface area contributed by atoms with Crippen molar-refractivity contribution < 1.29 is 14.3 Å². The second-order valence-corrected chi connectivity index (χ2v) is 4.97. The van der Waals surface area contributed by atoms with Crippen LogP contribution in [0.4, 0.5) is 0 Å². The Morgan fingerprint density at radius 1 is 1.13 bits per heavy atom. The number of pyridine rings is 1. The molecule has 0 fully saturated rings. The standard InChI is InChI=1S/C17H17N3O3/c1-22-15-7-6-12(9-16(15)23-2)11-18-17(21)14-10-13-5-3-4-8-20(13)19-14/h3-10H,11H2,1-2H3,(H,18,21). The number of hydrogen-bond acceptors (Lipinski definition) is 4. The van der Waals surface area contributed by atoms with Crippen molar-refractivity contribution >= 4 is 11.4 Å². The highest BCUT2D eigenvalue weighted by Crippen LogP contribution is 2.27.